The number of thioether (sulfide) groups is 1. The van der Waals surface area contributed by atoms with Crippen LogP contribution in [0.4, 0.5) is 0 Å². The molecule has 28 heavy (non-hydrogen) atoms. The molecule has 3 rings (SSSR count). The Kier molecular flexibility index (Phi) is 6.26. The molecule has 2 aromatic carbocycles. The Labute approximate surface area is 167 Å². The van der Waals surface area contributed by atoms with Gasteiger partial charge in [-0.25, -0.2) is 0 Å². The van der Waals surface area contributed by atoms with Gasteiger partial charge in [0, 0.05) is 10.3 Å². The molecule has 0 saturated carbocycles. The van der Waals surface area contributed by atoms with Crippen LogP contribution >= 0.6 is 11.8 Å². The van der Waals surface area contributed by atoms with Gasteiger partial charge in [-0.1, -0.05) is 24.3 Å². The van der Waals surface area contributed by atoms with Crippen molar-refractivity contribution in [3.05, 3.63) is 59.9 Å². The van der Waals surface area contributed by atoms with Crippen molar-refractivity contribution < 1.29 is 18.7 Å². The third-order valence-corrected chi connectivity index (χ3v) is 5.20. The number of furan rings is 1. The molecule has 0 radical (unpaired) electrons. The van der Waals surface area contributed by atoms with Crippen molar-refractivity contribution >= 4 is 34.5 Å². The van der Waals surface area contributed by atoms with Gasteiger partial charge in [0.15, 0.2) is 11.3 Å². The van der Waals surface area contributed by atoms with E-state index in [1.807, 2.05) is 44.2 Å². The van der Waals surface area contributed by atoms with Gasteiger partial charge in [-0.2, -0.15) is 0 Å². The summed E-state index contributed by atoms with van der Waals surface area (Å²) in [6.07, 6.45) is 0. The Hall–Kier alpha value is -2.93. The van der Waals surface area contributed by atoms with Gasteiger partial charge in [-0.3, -0.25) is 9.59 Å². The van der Waals surface area contributed by atoms with Crippen molar-refractivity contribution in [3.8, 4) is 5.75 Å². The molecule has 7 heteroatoms. The summed E-state index contributed by atoms with van der Waals surface area (Å²) in [7, 11) is 0. The number of nitrogens with two attached hydrogens (primary N) is 1. The summed E-state index contributed by atoms with van der Waals surface area (Å²) in [6, 6.07) is 14.4. The monoisotopic (exact) mass is 398 g/mol. The molecule has 3 N–H and O–H groups in total. The highest BCUT2D eigenvalue weighted by molar-refractivity contribution is 8.00. The maximum Gasteiger partial charge on any atom is 0.252 e. The Morgan fingerprint density at radius 1 is 1.21 bits per heavy atom. The molecular weight excluding hydrogens is 376 g/mol. The summed E-state index contributed by atoms with van der Waals surface area (Å²) >= 11 is 1.24. The molecule has 2 amide bonds. The molecule has 0 saturated heterocycles. The lowest BCUT2D eigenvalue weighted by molar-refractivity contribution is -0.115. The molecule has 1 unspecified atom stereocenters. The Morgan fingerprint density at radius 3 is 2.75 bits per heavy atom. The largest absolute Gasteiger partial charge is 0.490 e. The third-order valence-electron chi connectivity index (χ3n) is 4.10. The molecule has 1 aromatic heterocycles. The minimum Gasteiger partial charge on any atom is -0.490 e. The van der Waals surface area contributed by atoms with Crippen molar-refractivity contribution in [1.29, 1.82) is 0 Å². The zero-order chi connectivity index (χ0) is 20.1. The zero-order valence-electron chi connectivity index (χ0n) is 15.7. The maximum atomic E-state index is 12.8. The number of amides is 2. The molecular formula is C21H22N2O4S. The number of carbonyl (C=O) groups excluding carboxylic acids is 2. The van der Waals surface area contributed by atoms with E-state index in [1.165, 1.54) is 11.8 Å². The molecule has 0 bridgehead atoms. The number of fused-ring (bicyclic) bond motifs is 1. The molecule has 0 aliphatic heterocycles. The topological polar surface area (TPSA) is 94.6 Å². The molecule has 1 atom stereocenters. The van der Waals surface area contributed by atoms with E-state index in [0.717, 1.165) is 5.39 Å². The van der Waals surface area contributed by atoms with Crippen LogP contribution in [0.2, 0.25) is 0 Å². The number of para-hydroxylation sites is 1. The van der Waals surface area contributed by atoms with Gasteiger partial charge in [0.1, 0.15) is 5.76 Å². The van der Waals surface area contributed by atoms with E-state index in [0.29, 0.717) is 34.2 Å². The van der Waals surface area contributed by atoms with Gasteiger partial charge in [0.2, 0.25) is 5.91 Å². The number of benzene rings is 2. The number of nitrogens with one attached hydrogen (secondary N) is 1. The van der Waals surface area contributed by atoms with Gasteiger partial charge in [0.25, 0.3) is 5.91 Å². The van der Waals surface area contributed by atoms with Crippen molar-refractivity contribution in [1.82, 2.24) is 5.32 Å². The second-order valence-electron chi connectivity index (χ2n) is 6.20. The van der Waals surface area contributed by atoms with Crippen LogP contribution < -0.4 is 15.8 Å². The fraction of sp³-hybridized carbons (Fsp3) is 0.238. The van der Waals surface area contributed by atoms with Crippen molar-refractivity contribution in [2.45, 2.75) is 24.8 Å². The Bertz CT molecular complexity index is 999. The first-order chi connectivity index (χ1) is 13.5. The summed E-state index contributed by atoms with van der Waals surface area (Å²) in [5.74, 6) is 0.756. The second-order valence-corrected chi connectivity index (χ2v) is 7.22. The van der Waals surface area contributed by atoms with Gasteiger partial charge in [-0.05, 0) is 38.1 Å². The van der Waals surface area contributed by atoms with E-state index in [9.17, 15) is 9.59 Å². The number of hydrogen-bond donors (Lipinski definition) is 2. The van der Waals surface area contributed by atoms with Crippen molar-refractivity contribution in [3.63, 3.8) is 0 Å². The van der Waals surface area contributed by atoms with E-state index in [4.69, 9.17) is 14.9 Å². The van der Waals surface area contributed by atoms with E-state index in [-0.39, 0.29) is 17.7 Å². The van der Waals surface area contributed by atoms with Gasteiger partial charge in [-0.15, -0.1) is 11.8 Å². The predicted molar refractivity (Wildman–Crippen MR) is 110 cm³/mol. The third kappa shape index (κ3) is 4.48. The van der Waals surface area contributed by atoms with E-state index < -0.39 is 5.91 Å². The van der Waals surface area contributed by atoms with Crippen LogP contribution in [0.25, 0.3) is 11.0 Å². The zero-order valence-corrected chi connectivity index (χ0v) is 16.5. The average Bonchev–Trinajstić information content (AvgIpc) is 3.12. The van der Waals surface area contributed by atoms with Crippen LogP contribution in [0.5, 0.6) is 5.75 Å². The summed E-state index contributed by atoms with van der Waals surface area (Å²) in [5.41, 5.74) is 6.37. The Morgan fingerprint density at radius 2 is 2.00 bits per heavy atom. The highest BCUT2D eigenvalue weighted by atomic mass is 32.2. The van der Waals surface area contributed by atoms with Crippen LogP contribution in [-0.4, -0.2) is 24.2 Å². The minimum absolute atomic E-state index is 0.115. The van der Waals surface area contributed by atoms with Crippen LogP contribution in [0.15, 0.2) is 57.8 Å². The number of ether oxygens (including phenoxy) is 1. The lowest BCUT2D eigenvalue weighted by Crippen LogP contribution is -2.27. The number of hydrogen-bond acceptors (Lipinski definition) is 5. The molecule has 1 heterocycles. The van der Waals surface area contributed by atoms with Crippen LogP contribution in [0.3, 0.4) is 0 Å². The standard InChI is InChI=1S/C21H22N2O4S/c1-3-26-16-9-6-7-14-11-17(27-20(14)16)13(2)23-21(25)15-8-4-5-10-18(15)28-12-19(22)24/h4-11,13H,3,12H2,1-2H3,(H2,22,24)(H,23,25). The van der Waals surface area contributed by atoms with E-state index >= 15 is 0 Å². The molecule has 0 aliphatic carbocycles. The number of primary amides is 1. The summed E-state index contributed by atoms with van der Waals surface area (Å²) in [4.78, 5) is 24.5. The molecule has 3 aromatic rings. The summed E-state index contributed by atoms with van der Waals surface area (Å²) in [6.45, 7) is 4.32. The highest BCUT2D eigenvalue weighted by Crippen LogP contribution is 2.31. The quantitative estimate of drug-likeness (QED) is 0.561. The molecule has 0 fully saturated rings. The first-order valence-electron chi connectivity index (χ1n) is 8.95. The van der Waals surface area contributed by atoms with Gasteiger partial charge in [0.05, 0.1) is 24.0 Å². The van der Waals surface area contributed by atoms with E-state index in [1.54, 1.807) is 18.2 Å². The van der Waals surface area contributed by atoms with Crippen LogP contribution in [-0.2, 0) is 4.79 Å². The second kappa shape index (κ2) is 8.84. The lowest BCUT2D eigenvalue weighted by atomic mass is 10.1. The molecule has 0 spiro atoms. The molecule has 0 aliphatic rings. The molecule has 146 valence electrons. The number of rotatable bonds is 8. The summed E-state index contributed by atoms with van der Waals surface area (Å²) < 4.78 is 11.6. The minimum atomic E-state index is -0.430. The Balaban J connectivity index is 1.79. The normalized spacial score (nSPS) is 11.9. The summed E-state index contributed by atoms with van der Waals surface area (Å²) in [5, 5.41) is 3.87. The fourth-order valence-corrected chi connectivity index (χ4v) is 3.60. The SMILES string of the molecule is CCOc1cccc2cc(C(C)NC(=O)c3ccccc3SCC(N)=O)oc12. The van der Waals surface area contributed by atoms with Gasteiger partial charge < -0.3 is 20.2 Å². The molecule has 6 nitrogen and oxygen atoms in total. The van der Waals surface area contributed by atoms with Crippen molar-refractivity contribution in [2.75, 3.05) is 12.4 Å². The number of carbonyl (C=O) groups is 2. The van der Waals surface area contributed by atoms with Crippen molar-refractivity contribution in [2.24, 2.45) is 5.73 Å². The smallest absolute Gasteiger partial charge is 0.252 e. The van der Waals surface area contributed by atoms with Crippen LogP contribution in [0, 0.1) is 0 Å². The van der Waals surface area contributed by atoms with E-state index in [2.05, 4.69) is 5.32 Å². The fourth-order valence-electron chi connectivity index (χ4n) is 2.81. The van der Waals surface area contributed by atoms with Gasteiger partial charge >= 0.3 is 0 Å². The van der Waals surface area contributed by atoms with Crippen LogP contribution in [0.1, 0.15) is 36.0 Å². The average molecular weight is 398 g/mol. The first-order valence-corrected chi connectivity index (χ1v) is 9.94. The first kappa shape index (κ1) is 19.8. The highest BCUT2D eigenvalue weighted by Gasteiger charge is 2.19. The maximum absolute atomic E-state index is 12.8. The predicted octanol–water partition coefficient (Wildman–Crippen LogP) is 3.90. The lowest BCUT2D eigenvalue weighted by Gasteiger charge is -2.13.